The largest absolute Gasteiger partial charge is 0.333 e. The number of amides is 1. The van der Waals surface area contributed by atoms with Crippen LogP contribution in [-0.4, -0.2) is 32.0 Å². The Hall–Kier alpha value is -3.25. The molecule has 28 heavy (non-hydrogen) atoms. The lowest BCUT2D eigenvalue weighted by atomic mass is 9.98. The Morgan fingerprint density at radius 1 is 1.00 bits per heavy atom. The first-order valence-corrected chi connectivity index (χ1v) is 9.35. The van der Waals surface area contributed by atoms with Crippen molar-refractivity contribution in [1.29, 1.82) is 0 Å². The fourth-order valence-corrected chi connectivity index (χ4v) is 4.07. The monoisotopic (exact) mass is 389 g/mol. The molecule has 0 atom stereocenters. The van der Waals surface area contributed by atoms with Gasteiger partial charge in [0.25, 0.3) is 5.91 Å². The molecule has 0 spiro atoms. The third kappa shape index (κ3) is 2.49. The SMILES string of the molecule is Cc1cc(Cl)ccc1-c1c2n(c3cccnc13)CCN(c1ncccn1)C2=O. The average molecular weight is 390 g/mol. The number of rotatable bonds is 2. The van der Waals surface area contributed by atoms with Gasteiger partial charge in [0, 0.05) is 42.3 Å². The number of carbonyl (C=O) groups excluding carboxylic acids is 1. The van der Waals surface area contributed by atoms with Crippen LogP contribution in [0.4, 0.5) is 5.95 Å². The van der Waals surface area contributed by atoms with E-state index in [-0.39, 0.29) is 5.91 Å². The fourth-order valence-electron chi connectivity index (χ4n) is 3.84. The van der Waals surface area contributed by atoms with E-state index < -0.39 is 0 Å². The Morgan fingerprint density at radius 3 is 2.57 bits per heavy atom. The summed E-state index contributed by atoms with van der Waals surface area (Å²) in [5, 5.41) is 0.664. The average Bonchev–Trinajstić information content (AvgIpc) is 3.04. The van der Waals surface area contributed by atoms with Gasteiger partial charge in [-0.25, -0.2) is 9.97 Å². The minimum Gasteiger partial charge on any atom is -0.333 e. The molecule has 7 heteroatoms. The smallest absolute Gasteiger partial charge is 0.278 e. The Bertz CT molecular complexity index is 1220. The van der Waals surface area contributed by atoms with E-state index in [1.807, 2.05) is 41.8 Å². The molecular formula is C21H16ClN5O. The van der Waals surface area contributed by atoms with Crippen LogP contribution in [0.25, 0.3) is 22.2 Å². The third-order valence-electron chi connectivity index (χ3n) is 5.07. The van der Waals surface area contributed by atoms with Crippen LogP contribution in [-0.2, 0) is 6.54 Å². The molecule has 138 valence electrons. The molecule has 1 aromatic carbocycles. The number of benzene rings is 1. The number of hydrogen-bond acceptors (Lipinski definition) is 4. The summed E-state index contributed by atoms with van der Waals surface area (Å²) < 4.78 is 2.05. The zero-order chi connectivity index (χ0) is 19.3. The summed E-state index contributed by atoms with van der Waals surface area (Å²) in [5.41, 5.74) is 5.14. The summed E-state index contributed by atoms with van der Waals surface area (Å²) in [4.78, 5) is 28.3. The number of aryl methyl sites for hydroxylation is 1. The lowest BCUT2D eigenvalue weighted by Crippen LogP contribution is -2.41. The van der Waals surface area contributed by atoms with Gasteiger partial charge in [0.05, 0.1) is 11.0 Å². The van der Waals surface area contributed by atoms with Gasteiger partial charge in [-0.3, -0.25) is 14.7 Å². The number of aromatic nitrogens is 4. The first-order valence-electron chi connectivity index (χ1n) is 8.98. The Balaban J connectivity index is 1.78. The van der Waals surface area contributed by atoms with E-state index in [0.717, 1.165) is 27.7 Å². The van der Waals surface area contributed by atoms with Crippen LogP contribution in [0.15, 0.2) is 55.0 Å². The summed E-state index contributed by atoms with van der Waals surface area (Å²) in [6.45, 7) is 3.15. The van der Waals surface area contributed by atoms with Gasteiger partial charge in [0.1, 0.15) is 5.69 Å². The van der Waals surface area contributed by atoms with Crippen molar-refractivity contribution in [2.24, 2.45) is 0 Å². The number of fused-ring (bicyclic) bond motifs is 3. The van der Waals surface area contributed by atoms with Gasteiger partial charge in [-0.2, -0.15) is 0 Å². The fraction of sp³-hybridized carbons (Fsp3) is 0.143. The molecule has 0 fully saturated rings. The molecule has 5 rings (SSSR count). The predicted molar refractivity (Wildman–Crippen MR) is 109 cm³/mol. The highest BCUT2D eigenvalue weighted by molar-refractivity contribution is 6.30. The minimum atomic E-state index is -0.125. The van der Waals surface area contributed by atoms with Gasteiger partial charge >= 0.3 is 0 Å². The van der Waals surface area contributed by atoms with Crippen LogP contribution in [0.1, 0.15) is 16.1 Å². The molecule has 6 nitrogen and oxygen atoms in total. The standard InChI is InChI=1S/C21H16ClN5O/c1-13-12-14(22)5-6-15(13)17-18-16(4-2-7-23-18)26-10-11-27(20(28)19(17)26)21-24-8-3-9-25-21/h2-9,12H,10-11H2,1H3. The molecule has 0 aliphatic carbocycles. The molecule has 0 unspecified atom stereocenters. The maximum Gasteiger partial charge on any atom is 0.278 e. The number of halogens is 1. The Labute approximate surface area is 166 Å². The second kappa shape index (κ2) is 6.42. The van der Waals surface area contributed by atoms with Crippen molar-refractivity contribution in [3.63, 3.8) is 0 Å². The lowest BCUT2D eigenvalue weighted by molar-refractivity contribution is 0.0965. The number of carbonyl (C=O) groups is 1. The summed E-state index contributed by atoms with van der Waals surface area (Å²) >= 11 is 6.16. The van der Waals surface area contributed by atoms with E-state index in [4.69, 9.17) is 11.6 Å². The van der Waals surface area contributed by atoms with E-state index in [9.17, 15) is 4.79 Å². The Morgan fingerprint density at radius 2 is 1.79 bits per heavy atom. The molecule has 0 bridgehead atoms. The van der Waals surface area contributed by atoms with Crippen LogP contribution in [0, 0.1) is 6.92 Å². The molecule has 0 saturated carbocycles. The van der Waals surface area contributed by atoms with E-state index in [1.165, 1.54) is 0 Å². The number of pyridine rings is 1. The number of anilines is 1. The second-order valence-corrected chi connectivity index (χ2v) is 7.15. The molecule has 0 saturated heterocycles. The molecule has 0 N–H and O–H groups in total. The van der Waals surface area contributed by atoms with Crippen LogP contribution in [0.5, 0.6) is 0 Å². The van der Waals surface area contributed by atoms with Crippen LogP contribution in [0.2, 0.25) is 5.02 Å². The first-order chi connectivity index (χ1) is 13.6. The maximum atomic E-state index is 13.5. The van der Waals surface area contributed by atoms with Gasteiger partial charge < -0.3 is 4.57 Å². The van der Waals surface area contributed by atoms with E-state index in [2.05, 4.69) is 15.0 Å². The van der Waals surface area contributed by atoms with Crippen molar-refractivity contribution in [2.75, 3.05) is 11.4 Å². The van der Waals surface area contributed by atoms with Crippen molar-refractivity contribution in [3.05, 3.63) is 71.3 Å². The van der Waals surface area contributed by atoms with Gasteiger partial charge in [0.15, 0.2) is 0 Å². The summed E-state index contributed by atoms with van der Waals surface area (Å²) in [6, 6.07) is 11.3. The van der Waals surface area contributed by atoms with Gasteiger partial charge in [-0.05, 0) is 48.4 Å². The van der Waals surface area contributed by atoms with Crippen LogP contribution in [0.3, 0.4) is 0 Å². The van der Waals surface area contributed by atoms with Gasteiger partial charge in [-0.15, -0.1) is 0 Å². The Kier molecular flexibility index (Phi) is 3.87. The highest BCUT2D eigenvalue weighted by Gasteiger charge is 2.33. The van der Waals surface area contributed by atoms with Crippen LogP contribution >= 0.6 is 11.6 Å². The molecule has 1 aliphatic rings. The third-order valence-corrected chi connectivity index (χ3v) is 5.30. The van der Waals surface area contributed by atoms with Crippen molar-refractivity contribution < 1.29 is 4.79 Å². The van der Waals surface area contributed by atoms with Crippen molar-refractivity contribution in [3.8, 4) is 11.1 Å². The summed E-state index contributed by atoms with van der Waals surface area (Å²) in [5.74, 6) is 0.288. The van der Waals surface area contributed by atoms with Crippen molar-refractivity contribution >= 4 is 34.5 Å². The topological polar surface area (TPSA) is 63.9 Å². The maximum absolute atomic E-state index is 13.5. The molecule has 4 heterocycles. The van der Waals surface area contributed by atoms with Crippen molar-refractivity contribution in [2.45, 2.75) is 13.5 Å². The predicted octanol–water partition coefficient (Wildman–Crippen LogP) is 4.12. The first kappa shape index (κ1) is 16.9. The van der Waals surface area contributed by atoms with E-state index in [0.29, 0.717) is 29.8 Å². The second-order valence-electron chi connectivity index (χ2n) is 6.71. The van der Waals surface area contributed by atoms with Gasteiger partial charge in [0.2, 0.25) is 5.95 Å². The highest BCUT2D eigenvalue weighted by atomic mass is 35.5. The van der Waals surface area contributed by atoms with E-state index in [1.54, 1.807) is 29.6 Å². The van der Waals surface area contributed by atoms with E-state index >= 15 is 0 Å². The zero-order valence-corrected chi connectivity index (χ0v) is 15.9. The molecular weight excluding hydrogens is 374 g/mol. The zero-order valence-electron chi connectivity index (χ0n) is 15.1. The molecule has 3 aromatic heterocycles. The summed E-state index contributed by atoms with van der Waals surface area (Å²) in [7, 11) is 0. The molecule has 4 aromatic rings. The van der Waals surface area contributed by atoms with Crippen LogP contribution < -0.4 is 4.90 Å². The number of hydrogen-bond donors (Lipinski definition) is 0. The minimum absolute atomic E-state index is 0.125. The quantitative estimate of drug-likeness (QED) is 0.517. The number of nitrogens with zero attached hydrogens (tertiary/aromatic N) is 5. The normalized spacial score (nSPS) is 13.8. The molecule has 0 radical (unpaired) electrons. The van der Waals surface area contributed by atoms with Crippen molar-refractivity contribution in [1.82, 2.24) is 19.5 Å². The summed E-state index contributed by atoms with van der Waals surface area (Å²) in [6.07, 6.45) is 5.04. The highest BCUT2D eigenvalue weighted by Crippen LogP contribution is 2.38. The molecule has 1 aliphatic heterocycles. The van der Waals surface area contributed by atoms with Gasteiger partial charge in [-0.1, -0.05) is 17.7 Å². The molecule has 1 amide bonds. The lowest BCUT2D eigenvalue weighted by Gasteiger charge is -2.27.